The lowest BCUT2D eigenvalue weighted by Gasteiger charge is -2.02. The maximum Gasteiger partial charge on any atom is 0.0726 e. The molecule has 2 rings (SSSR count). The minimum absolute atomic E-state index is 0.777. The summed E-state index contributed by atoms with van der Waals surface area (Å²) in [6.07, 6.45) is 5.46. The number of rotatable bonds is 3. The molecule has 2 aromatic heterocycles. The second kappa shape index (κ2) is 3.53. The topological polar surface area (TPSA) is 58.5 Å². The number of nitrogens with one attached hydrogen (secondary N) is 2. The smallest absolute Gasteiger partial charge is 0.0726 e. The maximum absolute atomic E-state index is 4.17. The summed E-state index contributed by atoms with van der Waals surface area (Å²) >= 11 is 0. The van der Waals surface area contributed by atoms with Crippen LogP contribution in [0.1, 0.15) is 11.3 Å². The molecule has 0 aliphatic rings. The summed E-state index contributed by atoms with van der Waals surface area (Å²) in [5.74, 6) is 0. The Bertz CT molecular complexity index is 401. The molecule has 74 valence electrons. The summed E-state index contributed by atoms with van der Waals surface area (Å²) in [7, 11) is 1.94. The van der Waals surface area contributed by atoms with Crippen LogP contribution in [-0.4, -0.2) is 20.0 Å². The van der Waals surface area contributed by atoms with Crippen LogP contribution in [-0.2, 0) is 13.6 Å². The quantitative estimate of drug-likeness (QED) is 0.762. The van der Waals surface area contributed by atoms with Gasteiger partial charge in [-0.2, -0.15) is 10.2 Å². The molecule has 0 saturated carbocycles. The van der Waals surface area contributed by atoms with Crippen LogP contribution in [0.4, 0.5) is 5.69 Å². The molecular weight excluding hydrogens is 178 g/mol. The number of anilines is 1. The Hall–Kier alpha value is -1.78. The van der Waals surface area contributed by atoms with Crippen molar-refractivity contribution in [3.8, 4) is 0 Å². The van der Waals surface area contributed by atoms with Crippen LogP contribution in [0.25, 0.3) is 0 Å². The van der Waals surface area contributed by atoms with E-state index in [4.69, 9.17) is 0 Å². The summed E-state index contributed by atoms with van der Waals surface area (Å²) in [5, 5.41) is 14.0. The highest BCUT2D eigenvalue weighted by Crippen LogP contribution is 2.09. The van der Waals surface area contributed by atoms with Gasteiger partial charge < -0.3 is 5.32 Å². The molecule has 0 saturated heterocycles. The highest BCUT2D eigenvalue weighted by atomic mass is 15.3. The van der Waals surface area contributed by atoms with Gasteiger partial charge in [0, 0.05) is 31.0 Å². The van der Waals surface area contributed by atoms with Gasteiger partial charge in [0.2, 0.25) is 0 Å². The van der Waals surface area contributed by atoms with Gasteiger partial charge in [0.05, 0.1) is 18.1 Å². The molecule has 0 fully saturated rings. The highest BCUT2D eigenvalue weighted by molar-refractivity contribution is 5.38. The molecule has 5 nitrogen and oxygen atoms in total. The second-order valence-electron chi connectivity index (χ2n) is 3.22. The lowest BCUT2D eigenvalue weighted by atomic mass is 10.2. The lowest BCUT2D eigenvalue weighted by Crippen LogP contribution is -2.00. The van der Waals surface area contributed by atoms with E-state index in [1.807, 2.05) is 24.1 Å². The van der Waals surface area contributed by atoms with Crippen molar-refractivity contribution >= 4 is 5.69 Å². The molecule has 2 N–H and O–H groups in total. The highest BCUT2D eigenvalue weighted by Gasteiger charge is 2.02. The first-order valence-corrected chi connectivity index (χ1v) is 4.47. The number of hydrogen-bond donors (Lipinski definition) is 2. The monoisotopic (exact) mass is 191 g/mol. The van der Waals surface area contributed by atoms with E-state index in [1.165, 1.54) is 11.3 Å². The Balaban J connectivity index is 2.02. The van der Waals surface area contributed by atoms with Crippen molar-refractivity contribution in [3.05, 3.63) is 29.8 Å². The van der Waals surface area contributed by atoms with Crippen LogP contribution in [0.3, 0.4) is 0 Å². The molecule has 2 aromatic rings. The first kappa shape index (κ1) is 8.80. The molecule has 0 aliphatic heterocycles. The van der Waals surface area contributed by atoms with Gasteiger partial charge >= 0.3 is 0 Å². The first-order chi connectivity index (χ1) is 6.77. The van der Waals surface area contributed by atoms with Crippen LogP contribution < -0.4 is 5.32 Å². The van der Waals surface area contributed by atoms with Crippen molar-refractivity contribution in [1.82, 2.24) is 20.0 Å². The minimum atomic E-state index is 0.777. The zero-order chi connectivity index (χ0) is 9.97. The average molecular weight is 191 g/mol. The van der Waals surface area contributed by atoms with Gasteiger partial charge in [0.25, 0.3) is 0 Å². The van der Waals surface area contributed by atoms with Crippen molar-refractivity contribution in [2.45, 2.75) is 13.5 Å². The number of aromatic nitrogens is 4. The predicted molar refractivity (Wildman–Crippen MR) is 53.9 cm³/mol. The van der Waals surface area contributed by atoms with E-state index in [2.05, 4.69) is 27.5 Å². The fourth-order valence-electron chi connectivity index (χ4n) is 1.26. The summed E-state index contributed by atoms with van der Waals surface area (Å²) in [6, 6.07) is 0. The molecule has 0 aliphatic carbocycles. The van der Waals surface area contributed by atoms with E-state index >= 15 is 0 Å². The summed E-state index contributed by atoms with van der Waals surface area (Å²) < 4.78 is 1.87. The Morgan fingerprint density at radius 2 is 2.36 bits per heavy atom. The molecule has 0 bridgehead atoms. The molecule has 0 unspecified atom stereocenters. The maximum atomic E-state index is 4.17. The van der Waals surface area contributed by atoms with Gasteiger partial charge in [0.1, 0.15) is 0 Å². The van der Waals surface area contributed by atoms with Crippen LogP contribution in [0.5, 0.6) is 0 Å². The van der Waals surface area contributed by atoms with Crippen molar-refractivity contribution < 1.29 is 0 Å². The Morgan fingerprint density at radius 1 is 1.50 bits per heavy atom. The van der Waals surface area contributed by atoms with Gasteiger partial charge in [-0.3, -0.25) is 9.78 Å². The molecule has 0 atom stereocenters. The molecule has 0 spiro atoms. The van der Waals surface area contributed by atoms with Crippen LogP contribution >= 0.6 is 0 Å². The zero-order valence-electron chi connectivity index (χ0n) is 8.28. The number of aryl methyl sites for hydroxylation is 1. The van der Waals surface area contributed by atoms with Gasteiger partial charge in [0.15, 0.2) is 0 Å². The fourth-order valence-corrected chi connectivity index (χ4v) is 1.26. The van der Waals surface area contributed by atoms with E-state index in [0.717, 1.165) is 12.2 Å². The van der Waals surface area contributed by atoms with Crippen LogP contribution in [0.15, 0.2) is 18.6 Å². The second-order valence-corrected chi connectivity index (χ2v) is 3.22. The van der Waals surface area contributed by atoms with Crippen molar-refractivity contribution in [2.24, 2.45) is 7.05 Å². The lowest BCUT2D eigenvalue weighted by molar-refractivity contribution is 0.738. The number of H-pyrrole nitrogens is 1. The Kier molecular flexibility index (Phi) is 2.22. The molecule has 0 radical (unpaired) electrons. The largest absolute Gasteiger partial charge is 0.378 e. The first-order valence-electron chi connectivity index (χ1n) is 4.47. The SMILES string of the molecule is Cc1c(CNc2cn[nH]c2)cnn1C. The van der Waals surface area contributed by atoms with Gasteiger partial charge in [-0.25, -0.2) is 0 Å². The average Bonchev–Trinajstić information content (AvgIpc) is 2.77. The standard InChI is InChI=1S/C9H13N5/c1-7-8(4-13-14(7)2)3-10-9-5-11-12-6-9/h4-6,10H,3H2,1-2H3,(H,11,12). The van der Waals surface area contributed by atoms with E-state index in [1.54, 1.807) is 6.20 Å². The Morgan fingerprint density at radius 3 is 2.93 bits per heavy atom. The summed E-state index contributed by atoms with van der Waals surface area (Å²) in [4.78, 5) is 0. The zero-order valence-corrected chi connectivity index (χ0v) is 8.28. The molecule has 2 heterocycles. The van der Waals surface area contributed by atoms with Crippen molar-refractivity contribution in [1.29, 1.82) is 0 Å². The van der Waals surface area contributed by atoms with Crippen molar-refractivity contribution in [2.75, 3.05) is 5.32 Å². The van der Waals surface area contributed by atoms with Gasteiger partial charge in [-0.05, 0) is 6.92 Å². The number of aromatic amines is 1. The summed E-state index contributed by atoms with van der Waals surface area (Å²) in [5.41, 5.74) is 3.38. The third-order valence-corrected chi connectivity index (χ3v) is 2.32. The third-order valence-electron chi connectivity index (χ3n) is 2.32. The Labute approximate surface area is 82.1 Å². The van der Waals surface area contributed by atoms with E-state index in [9.17, 15) is 0 Å². The third kappa shape index (κ3) is 1.61. The molecule has 5 heteroatoms. The summed E-state index contributed by atoms with van der Waals surface area (Å²) in [6.45, 7) is 2.83. The van der Waals surface area contributed by atoms with Gasteiger partial charge in [-0.15, -0.1) is 0 Å². The molecular formula is C9H13N5. The fraction of sp³-hybridized carbons (Fsp3) is 0.333. The molecule has 0 aromatic carbocycles. The van der Waals surface area contributed by atoms with E-state index in [-0.39, 0.29) is 0 Å². The molecule has 0 amide bonds. The number of hydrogen-bond acceptors (Lipinski definition) is 3. The van der Waals surface area contributed by atoms with E-state index in [0.29, 0.717) is 0 Å². The minimum Gasteiger partial charge on any atom is -0.378 e. The normalized spacial score (nSPS) is 10.4. The number of nitrogens with zero attached hydrogens (tertiary/aromatic N) is 3. The molecule has 14 heavy (non-hydrogen) atoms. The van der Waals surface area contributed by atoms with E-state index < -0.39 is 0 Å². The van der Waals surface area contributed by atoms with Gasteiger partial charge in [-0.1, -0.05) is 0 Å². The predicted octanol–water partition coefficient (Wildman–Crippen LogP) is 1.06. The van der Waals surface area contributed by atoms with Crippen molar-refractivity contribution in [3.63, 3.8) is 0 Å². The van der Waals surface area contributed by atoms with Crippen LogP contribution in [0.2, 0.25) is 0 Å². The van der Waals surface area contributed by atoms with Crippen LogP contribution in [0, 0.1) is 6.92 Å².